The Hall–Kier alpha value is -2.30. The molecule has 5 nitrogen and oxygen atoms in total. The molecule has 2 aromatic rings. The molecule has 0 atom stereocenters. The zero-order valence-corrected chi connectivity index (χ0v) is 14.6. The highest BCUT2D eigenvalue weighted by atomic mass is 16.5. The van der Waals surface area contributed by atoms with Crippen molar-refractivity contribution in [2.24, 2.45) is 0 Å². The van der Waals surface area contributed by atoms with Gasteiger partial charge in [0.25, 0.3) is 0 Å². The summed E-state index contributed by atoms with van der Waals surface area (Å²) in [5.74, 6) is 3.60. The zero-order chi connectivity index (χ0) is 16.8. The molecular weight excluding hydrogens is 300 g/mol. The number of rotatable bonds is 5. The first-order valence-electron chi connectivity index (χ1n) is 8.72. The normalized spacial score (nSPS) is 15.0. The number of hydrogen-bond acceptors (Lipinski definition) is 5. The van der Waals surface area contributed by atoms with E-state index in [0.717, 1.165) is 41.9 Å². The molecule has 24 heavy (non-hydrogen) atoms. The molecule has 0 amide bonds. The van der Waals surface area contributed by atoms with E-state index in [-0.39, 0.29) is 0 Å². The summed E-state index contributed by atoms with van der Waals surface area (Å²) in [5.41, 5.74) is 1.12. The van der Waals surface area contributed by atoms with Crippen molar-refractivity contribution in [2.75, 3.05) is 30.4 Å². The van der Waals surface area contributed by atoms with Crippen LogP contribution in [0, 0.1) is 6.92 Å². The van der Waals surface area contributed by atoms with Gasteiger partial charge in [-0.05, 0) is 25.8 Å². The molecule has 1 N–H and O–H groups in total. The Morgan fingerprint density at radius 1 is 1.08 bits per heavy atom. The van der Waals surface area contributed by atoms with Crippen molar-refractivity contribution in [3.8, 4) is 5.75 Å². The van der Waals surface area contributed by atoms with Crippen molar-refractivity contribution >= 4 is 11.6 Å². The van der Waals surface area contributed by atoms with Crippen molar-refractivity contribution in [3.05, 3.63) is 41.7 Å². The molecule has 5 heteroatoms. The Labute approximate surface area is 144 Å². The highest BCUT2D eigenvalue weighted by molar-refractivity contribution is 5.50. The molecule has 1 aromatic carbocycles. The number of nitrogens with zero attached hydrogens (tertiary/aromatic N) is 3. The summed E-state index contributed by atoms with van der Waals surface area (Å²) in [6.45, 7) is 4.81. The number of anilines is 2. The van der Waals surface area contributed by atoms with Gasteiger partial charge in [-0.25, -0.2) is 9.97 Å². The fourth-order valence-corrected chi connectivity index (χ4v) is 3.14. The number of para-hydroxylation sites is 1. The molecule has 0 saturated carbocycles. The molecule has 1 aliphatic heterocycles. The zero-order valence-electron chi connectivity index (χ0n) is 14.6. The maximum absolute atomic E-state index is 5.41. The van der Waals surface area contributed by atoms with E-state index >= 15 is 0 Å². The molecule has 0 radical (unpaired) electrons. The van der Waals surface area contributed by atoms with Gasteiger partial charge in [0.15, 0.2) is 0 Å². The Balaban J connectivity index is 1.73. The minimum Gasteiger partial charge on any atom is -0.496 e. The van der Waals surface area contributed by atoms with E-state index in [9.17, 15) is 0 Å². The number of nitrogens with one attached hydrogen (secondary N) is 1. The Kier molecular flexibility index (Phi) is 5.51. The number of methoxy groups -OCH3 is 1. The number of aryl methyl sites for hydroxylation is 1. The van der Waals surface area contributed by atoms with Gasteiger partial charge >= 0.3 is 0 Å². The Morgan fingerprint density at radius 3 is 2.58 bits per heavy atom. The molecule has 1 saturated heterocycles. The molecule has 1 aromatic heterocycles. The highest BCUT2D eigenvalue weighted by Crippen LogP contribution is 2.22. The lowest BCUT2D eigenvalue weighted by Gasteiger charge is -2.22. The summed E-state index contributed by atoms with van der Waals surface area (Å²) in [5, 5.41) is 3.41. The number of benzene rings is 1. The van der Waals surface area contributed by atoms with E-state index in [1.54, 1.807) is 7.11 Å². The van der Waals surface area contributed by atoms with E-state index < -0.39 is 0 Å². The number of aromatic nitrogens is 2. The van der Waals surface area contributed by atoms with E-state index in [1.807, 2.05) is 25.1 Å². The fourth-order valence-electron chi connectivity index (χ4n) is 3.14. The van der Waals surface area contributed by atoms with Crippen LogP contribution in [0.4, 0.5) is 11.6 Å². The van der Waals surface area contributed by atoms with Crippen LogP contribution in [0.3, 0.4) is 0 Å². The second-order valence-electron chi connectivity index (χ2n) is 6.23. The lowest BCUT2D eigenvalue weighted by molar-refractivity contribution is 0.410. The smallest absolute Gasteiger partial charge is 0.134 e. The third-order valence-electron chi connectivity index (χ3n) is 4.41. The monoisotopic (exact) mass is 326 g/mol. The van der Waals surface area contributed by atoms with Crippen molar-refractivity contribution in [2.45, 2.75) is 39.2 Å². The topological polar surface area (TPSA) is 50.3 Å². The van der Waals surface area contributed by atoms with E-state index in [2.05, 4.69) is 32.3 Å². The molecule has 3 rings (SSSR count). The van der Waals surface area contributed by atoms with Crippen LogP contribution in [-0.2, 0) is 6.54 Å². The van der Waals surface area contributed by atoms with Crippen LogP contribution < -0.4 is 15.0 Å². The van der Waals surface area contributed by atoms with Crippen molar-refractivity contribution in [1.82, 2.24) is 9.97 Å². The largest absolute Gasteiger partial charge is 0.496 e. The summed E-state index contributed by atoms with van der Waals surface area (Å²) in [7, 11) is 1.70. The molecule has 0 spiro atoms. The first-order chi connectivity index (χ1) is 11.8. The third-order valence-corrected chi connectivity index (χ3v) is 4.41. The summed E-state index contributed by atoms with van der Waals surface area (Å²) in [6.07, 6.45) is 5.12. The second kappa shape index (κ2) is 7.99. The molecule has 128 valence electrons. The van der Waals surface area contributed by atoms with E-state index in [0.29, 0.717) is 6.54 Å². The predicted octanol–water partition coefficient (Wildman–Crippen LogP) is 3.79. The van der Waals surface area contributed by atoms with Gasteiger partial charge in [-0.1, -0.05) is 31.0 Å². The van der Waals surface area contributed by atoms with Gasteiger partial charge in [-0.15, -0.1) is 0 Å². The second-order valence-corrected chi connectivity index (χ2v) is 6.23. The van der Waals surface area contributed by atoms with Crippen LogP contribution in [0.15, 0.2) is 30.3 Å². The number of ether oxygens (including phenoxy) is 1. The van der Waals surface area contributed by atoms with Crippen molar-refractivity contribution in [3.63, 3.8) is 0 Å². The Bertz CT molecular complexity index is 666. The lowest BCUT2D eigenvalue weighted by atomic mass is 10.2. The average Bonchev–Trinajstić information content (AvgIpc) is 2.89. The molecule has 1 aliphatic rings. The average molecular weight is 326 g/mol. The standard InChI is InChI=1S/C19H26N4O/c1-15-21-18(20-14-16-9-5-6-10-17(16)24-2)13-19(22-15)23-11-7-3-4-8-12-23/h5-6,9-10,13H,3-4,7-8,11-12,14H2,1-2H3,(H,20,21,22). The molecule has 0 bridgehead atoms. The predicted molar refractivity (Wildman–Crippen MR) is 97.8 cm³/mol. The minimum absolute atomic E-state index is 0.680. The molecule has 1 fully saturated rings. The minimum atomic E-state index is 0.680. The van der Waals surface area contributed by atoms with Crippen LogP contribution in [0.25, 0.3) is 0 Å². The van der Waals surface area contributed by atoms with Crippen LogP contribution in [-0.4, -0.2) is 30.2 Å². The van der Waals surface area contributed by atoms with Gasteiger partial charge in [0.1, 0.15) is 23.2 Å². The number of hydrogen-bond donors (Lipinski definition) is 1. The summed E-state index contributed by atoms with van der Waals surface area (Å²) in [4.78, 5) is 11.6. The molecule has 2 heterocycles. The summed E-state index contributed by atoms with van der Waals surface area (Å²) in [6, 6.07) is 10.1. The van der Waals surface area contributed by atoms with Crippen molar-refractivity contribution < 1.29 is 4.74 Å². The van der Waals surface area contributed by atoms with Gasteiger partial charge in [0, 0.05) is 31.3 Å². The van der Waals surface area contributed by atoms with Gasteiger partial charge in [-0.2, -0.15) is 0 Å². The maximum Gasteiger partial charge on any atom is 0.134 e. The van der Waals surface area contributed by atoms with Crippen molar-refractivity contribution in [1.29, 1.82) is 0 Å². The van der Waals surface area contributed by atoms with Crippen LogP contribution in [0.1, 0.15) is 37.1 Å². The third kappa shape index (κ3) is 4.16. The summed E-state index contributed by atoms with van der Waals surface area (Å²) < 4.78 is 5.41. The fraction of sp³-hybridized carbons (Fsp3) is 0.474. The molecular formula is C19H26N4O. The highest BCUT2D eigenvalue weighted by Gasteiger charge is 2.13. The van der Waals surface area contributed by atoms with Gasteiger partial charge in [0.2, 0.25) is 0 Å². The quantitative estimate of drug-likeness (QED) is 0.906. The van der Waals surface area contributed by atoms with Gasteiger partial charge in [0.05, 0.1) is 7.11 Å². The lowest BCUT2D eigenvalue weighted by Crippen LogP contribution is -2.25. The van der Waals surface area contributed by atoms with Gasteiger partial charge < -0.3 is 15.0 Å². The van der Waals surface area contributed by atoms with E-state index in [1.165, 1.54) is 25.7 Å². The molecule has 0 unspecified atom stereocenters. The molecule has 0 aliphatic carbocycles. The summed E-state index contributed by atoms with van der Waals surface area (Å²) >= 11 is 0. The van der Waals surface area contributed by atoms with Crippen LogP contribution >= 0.6 is 0 Å². The van der Waals surface area contributed by atoms with Crippen LogP contribution in [0.2, 0.25) is 0 Å². The Morgan fingerprint density at radius 2 is 1.83 bits per heavy atom. The van der Waals surface area contributed by atoms with Gasteiger partial charge in [-0.3, -0.25) is 0 Å². The maximum atomic E-state index is 5.41. The first-order valence-corrected chi connectivity index (χ1v) is 8.72. The van der Waals surface area contributed by atoms with E-state index in [4.69, 9.17) is 4.74 Å². The first kappa shape index (κ1) is 16.6. The SMILES string of the molecule is COc1ccccc1CNc1cc(N2CCCCCC2)nc(C)n1. The van der Waals surface area contributed by atoms with Crippen LogP contribution in [0.5, 0.6) is 5.75 Å².